The lowest BCUT2D eigenvalue weighted by Crippen LogP contribution is -2.47. The molecule has 7 heteroatoms. The Kier molecular flexibility index (Phi) is 4.74. The van der Waals surface area contributed by atoms with Gasteiger partial charge in [0.05, 0.1) is 0 Å². The molecule has 0 heterocycles. The molecule has 4 amide bonds. The predicted molar refractivity (Wildman–Crippen MR) is 62.6 cm³/mol. The number of carbonyl (C=O) groups is 3. The highest BCUT2D eigenvalue weighted by molar-refractivity contribution is 6.31. The molecule has 1 fully saturated rings. The van der Waals surface area contributed by atoms with Gasteiger partial charge in [-0.3, -0.25) is 14.9 Å². The van der Waals surface area contributed by atoms with Gasteiger partial charge in [-0.1, -0.05) is 0 Å². The van der Waals surface area contributed by atoms with E-state index in [2.05, 4.69) is 10.6 Å². The van der Waals surface area contributed by atoms with Gasteiger partial charge in [0.25, 0.3) is 0 Å². The highest BCUT2D eigenvalue weighted by Crippen LogP contribution is 2.18. The molecule has 1 rings (SSSR count). The van der Waals surface area contributed by atoms with E-state index in [1.807, 2.05) is 0 Å². The lowest BCUT2D eigenvalue weighted by molar-refractivity contribution is -0.122. The van der Waals surface area contributed by atoms with Gasteiger partial charge in [0, 0.05) is 13.1 Å². The molecule has 0 saturated heterocycles. The van der Waals surface area contributed by atoms with Crippen LogP contribution in [0.25, 0.3) is 0 Å². The second kappa shape index (κ2) is 5.86. The molecule has 2 N–H and O–H groups in total. The van der Waals surface area contributed by atoms with Gasteiger partial charge in [-0.15, -0.1) is 11.6 Å². The van der Waals surface area contributed by atoms with E-state index in [1.54, 1.807) is 0 Å². The molecule has 0 aromatic heterocycles. The number of carbonyl (C=O) groups excluding carboxylic acids is 3. The average molecular weight is 262 g/mol. The zero-order valence-corrected chi connectivity index (χ0v) is 10.6. The molecule has 1 aliphatic carbocycles. The first-order valence-corrected chi connectivity index (χ1v) is 5.83. The summed E-state index contributed by atoms with van der Waals surface area (Å²) in [5.74, 6) is -0.803. The van der Waals surface area contributed by atoms with Gasteiger partial charge in [0.15, 0.2) is 0 Å². The van der Waals surface area contributed by atoms with Crippen LogP contribution in [0.1, 0.15) is 19.8 Å². The first-order chi connectivity index (χ1) is 7.90. The Bertz CT molecular complexity index is 329. The van der Waals surface area contributed by atoms with Gasteiger partial charge in [-0.05, 0) is 19.8 Å². The fourth-order valence-electron chi connectivity index (χ4n) is 1.09. The Morgan fingerprint density at radius 1 is 1.41 bits per heavy atom. The third kappa shape index (κ3) is 5.04. The maximum atomic E-state index is 11.5. The summed E-state index contributed by atoms with van der Waals surface area (Å²) in [4.78, 5) is 35.1. The van der Waals surface area contributed by atoms with Gasteiger partial charge >= 0.3 is 6.03 Å². The first kappa shape index (κ1) is 13.8. The number of nitrogens with one attached hydrogen (secondary N) is 2. The van der Waals surface area contributed by atoms with Crippen molar-refractivity contribution in [3.63, 3.8) is 0 Å². The molecule has 0 aromatic carbocycles. The number of urea groups is 1. The lowest BCUT2D eigenvalue weighted by atomic mass is 10.4. The van der Waals surface area contributed by atoms with Crippen LogP contribution in [-0.4, -0.2) is 47.8 Å². The quantitative estimate of drug-likeness (QED) is 0.703. The molecule has 6 nitrogen and oxygen atoms in total. The van der Waals surface area contributed by atoms with Crippen molar-refractivity contribution in [2.75, 3.05) is 13.6 Å². The van der Waals surface area contributed by atoms with E-state index < -0.39 is 17.3 Å². The summed E-state index contributed by atoms with van der Waals surface area (Å²) < 4.78 is 0. The van der Waals surface area contributed by atoms with Crippen molar-refractivity contribution in [1.29, 1.82) is 0 Å². The van der Waals surface area contributed by atoms with E-state index in [9.17, 15) is 14.4 Å². The Balaban J connectivity index is 2.30. The van der Waals surface area contributed by atoms with Crippen LogP contribution in [0.15, 0.2) is 0 Å². The van der Waals surface area contributed by atoms with Crippen LogP contribution in [0, 0.1) is 0 Å². The number of likely N-dealkylation sites (N-methyl/N-ethyl adjacent to an activating group) is 1. The molecule has 0 bridgehead atoms. The molecule has 0 radical (unpaired) electrons. The molecular formula is C10H16ClN3O3. The third-order valence-corrected chi connectivity index (χ3v) is 2.46. The predicted octanol–water partition coefficient (Wildman–Crippen LogP) is 0.0603. The number of alkyl halides is 1. The van der Waals surface area contributed by atoms with Crippen LogP contribution in [0.5, 0.6) is 0 Å². The van der Waals surface area contributed by atoms with E-state index in [-0.39, 0.29) is 18.5 Å². The molecule has 0 aliphatic heterocycles. The normalized spacial score (nSPS) is 15.9. The minimum Gasteiger partial charge on any atom is -0.352 e. The van der Waals surface area contributed by atoms with E-state index in [1.165, 1.54) is 14.0 Å². The molecule has 1 unspecified atom stereocenters. The van der Waals surface area contributed by atoms with E-state index in [4.69, 9.17) is 11.6 Å². The van der Waals surface area contributed by atoms with E-state index >= 15 is 0 Å². The summed E-state index contributed by atoms with van der Waals surface area (Å²) in [5.41, 5.74) is 0. The second-order valence-electron chi connectivity index (χ2n) is 4.11. The Labute approximate surface area is 105 Å². The Morgan fingerprint density at radius 2 is 2.00 bits per heavy atom. The highest BCUT2D eigenvalue weighted by Gasteiger charge is 2.24. The number of rotatable bonds is 4. The minimum atomic E-state index is -0.785. The topological polar surface area (TPSA) is 78.5 Å². The third-order valence-electron chi connectivity index (χ3n) is 2.26. The number of imide groups is 1. The summed E-state index contributed by atoms with van der Waals surface area (Å²) in [6.07, 6.45) is 1.98. The van der Waals surface area contributed by atoms with Gasteiger partial charge < -0.3 is 10.2 Å². The number of hydrogen-bond acceptors (Lipinski definition) is 3. The van der Waals surface area contributed by atoms with Crippen molar-refractivity contribution >= 4 is 29.4 Å². The largest absolute Gasteiger partial charge is 0.352 e. The maximum Gasteiger partial charge on any atom is 0.324 e. The lowest BCUT2D eigenvalue weighted by Gasteiger charge is -2.17. The van der Waals surface area contributed by atoms with Gasteiger partial charge in [-0.2, -0.15) is 0 Å². The molecule has 1 saturated carbocycles. The van der Waals surface area contributed by atoms with Crippen molar-refractivity contribution in [2.24, 2.45) is 0 Å². The Morgan fingerprint density at radius 3 is 2.47 bits per heavy atom. The molecule has 0 spiro atoms. The van der Waals surface area contributed by atoms with Crippen LogP contribution in [-0.2, 0) is 9.59 Å². The van der Waals surface area contributed by atoms with Crippen LogP contribution < -0.4 is 10.6 Å². The molecule has 0 aromatic rings. The zero-order valence-electron chi connectivity index (χ0n) is 9.83. The number of hydrogen-bond donors (Lipinski definition) is 2. The van der Waals surface area contributed by atoms with Crippen LogP contribution in [0.3, 0.4) is 0 Å². The van der Waals surface area contributed by atoms with Crippen molar-refractivity contribution in [2.45, 2.75) is 31.2 Å². The van der Waals surface area contributed by atoms with Crippen molar-refractivity contribution in [3.8, 4) is 0 Å². The van der Waals surface area contributed by atoms with E-state index in [0.717, 1.165) is 17.7 Å². The molecule has 1 atom stereocenters. The number of halogens is 1. The average Bonchev–Trinajstić information content (AvgIpc) is 3.00. The summed E-state index contributed by atoms with van der Waals surface area (Å²) in [6, 6.07) is -0.378. The second-order valence-corrected chi connectivity index (χ2v) is 4.76. The monoisotopic (exact) mass is 261 g/mol. The molecule has 96 valence electrons. The SMILES string of the molecule is CC(Cl)C(=O)NC(=O)N(C)CC(=O)NC1CC1. The van der Waals surface area contributed by atoms with Gasteiger partial charge in [0.1, 0.15) is 11.9 Å². The fourth-order valence-corrected chi connectivity index (χ4v) is 1.14. The summed E-state index contributed by atoms with van der Waals surface area (Å²) >= 11 is 5.50. The summed E-state index contributed by atoms with van der Waals surface area (Å²) in [6.45, 7) is 1.39. The van der Waals surface area contributed by atoms with Gasteiger partial charge in [0.2, 0.25) is 11.8 Å². The molecule has 1 aliphatic rings. The minimum absolute atomic E-state index is 0.0771. The fraction of sp³-hybridized carbons (Fsp3) is 0.700. The van der Waals surface area contributed by atoms with E-state index in [0.29, 0.717) is 0 Å². The first-order valence-electron chi connectivity index (χ1n) is 5.39. The molecular weight excluding hydrogens is 246 g/mol. The summed E-state index contributed by atoms with van der Waals surface area (Å²) in [5, 5.41) is 4.05. The Hall–Kier alpha value is -1.30. The number of nitrogens with zero attached hydrogens (tertiary/aromatic N) is 1. The molecule has 17 heavy (non-hydrogen) atoms. The standard InChI is InChI=1S/C10H16ClN3O3/c1-6(11)9(16)13-10(17)14(2)5-8(15)12-7-3-4-7/h6-7H,3-5H2,1-2H3,(H,12,15)(H,13,16,17). The van der Waals surface area contributed by atoms with Crippen LogP contribution >= 0.6 is 11.6 Å². The summed E-state index contributed by atoms with van der Waals surface area (Å²) in [7, 11) is 1.44. The van der Waals surface area contributed by atoms with Crippen molar-refractivity contribution in [1.82, 2.24) is 15.5 Å². The smallest absolute Gasteiger partial charge is 0.324 e. The van der Waals surface area contributed by atoms with Crippen molar-refractivity contribution < 1.29 is 14.4 Å². The van der Waals surface area contributed by atoms with Crippen LogP contribution in [0.4, 0.5) is 4.79 Å². The van der Waals surface area contributed by atoms with Gasteiger partial charge in [-0.25, -0.2) is 4.79 Å². The maximum absolute atomic E-state index is 11.5. The zero-order chi connectivity index (χ0) is 13.0. The highest BCUT2D eigenvalue weighted by atomic mass is 35.5. The van der Waals surface area contributed by atoms with Crippen LogP contribution in [0.2, 0.25) is 0 Å². The van der Waals surface area contributed by atoms with Crippen molar-refractivity contribution in [3.05, 3.63) is 0 Å². The number of amides is 4.